The van der Waals surface area contributed by atoms with Crippen LogP contribution in [0.2, 0.25) is 0 Å². The van der Waals surface area contributed by atoms with Crippen LogP contribution in [0.4, 0.5) is 0 Å². The van der Waals surface area contributed by atoms with E-state index < -0.39 is 0 Å². The molecule has 0 amide bonds. The van der Waals surface area contributed by atoms with Gasteiger partial charge in [0.05, 0.1) is 27.8 Å². The fourth-order valence-electron chi connectivity index (χ4n) is 9.35. The summed E-state index contributed by atoms with van der Waals surface area (Å²) in [7, 11) is 0. The second-order valence-electron chi connectivity index (χ2n) is 16.0. The average Bonchev–Trinajstić information content (AvgIpc) is 3.87. The van der Waals surface area contributed by atoms with E-state index in [0.717, 1.165) is 56.0 Å². The Morgan fingerprint density at radius 2 is 0.694 bits per heavy atom. The number of aromatic nitrogens is 3. The fraction of sp³-hybridized carbons (Fsp3) is 0. The SMILES string of the molecule is c1ccc(-c2cc(-c3ccccc3)cc(-n3c4ccccc4c4cc(-c5ccc6c7ccccc7n(-c7cc(-c8ccccc8)cc(-c8ccccc8)n7)c6c5)ccc43)c2)cc1. The van der Waals surface area contributed by atoms with Gasteiger partial charge in [0.1, 0.15) is 5.82 Å². The zero-order chi connectivity index (χ0) is 41.0. The second kappa shape index (κ2) is 14.8. The Bertz CT molecular complexity index is 3490. The van der Waals surface area contributed by atoms with Gasteiger partial charge in [-0.05, 0) is 105 Å². The molecule has 290 valence electrons. The Labute approximate surface area is 360 Å². The molecule has 0 aliphatic carbocycles. The van der Waals surface area contributed by atoms with Gasteiger partial charge in [-0.15, -0.1) is 0 Å². The first-order chi connectivity index (χ1) is 30.7. The van der Waals surface area contributed by atoms with Gasteiger partial charge in [0.25, 0.3) is 0 Å². The summed E-state index contributed by atoms with van der Waals surface area (Å²) in [4.78, 5) is 5.39. The first-order valence-corrected chi connectivity index (χ1v) is 21.2. The van der Waals surface area contributed by atoms with E-state index in [1.165, 1.54) is 54.8 Å². The van der Waals surface area contributed by atoms with Gasteiger partial charge >= 0.3 is 0 Å². The predicted molar refractivity (Wildman–Crippen MR) is 260 cm³/mol. The zero-order valence-electron chi connectivity index (χ0n) is 33.9. The highest BCUT2D eigenvalue weighted by atomic mass is 15.1. The molecule has 0 spiro atoms. The molecule has 0 bridgehead atoms. The first-order valence-electron chi connectivity index (χ1n) is 21.2. The Hall–Kier alpha value is -8.27. The molecule has 3 heterocycles. The molecule has 0 fully saturated rings. The minimum atomic E-state index is 0.889. The predicted octanol–water partition coefficient (Wildman–Crippen LogP) is 15.6. The van der Waals surface area contributed by atoms with Crippen LogP contribution in [0.15, 0.2) is 237 Å². The lowest BCUT2D eigenvalue weighted by molar-refractivity contribution is 1.08. The Morgan fingerprint density at radius 1 is 0.242 bits per heavy atom. The van der Waals surface area contributed by atoms with Crippen molar-refractivity contribution < 1.29 is 0 Å². The van der Waals surface area contributed by atoms with E-state index in [1.54, 1.807) is 0 Å². The monoisotopic (exact) mass is 789 g/mol. The largest absolute Gasteiger partial charge is 0.309 e. The minimum absolute atomic E-state index is 0.889. The van der Waals surface area contributed by atoms with Crippen LogP contribution in [0.1, 0.15) is 0 Å². The number of hydrogen-bond acceptors (Lipinski definition) is 1. The number of nitrogens with zero attached hydrogens (tertiary/aromatic N) is 3. The van der Waals surface area contributed by atoms with Crippen molar-refractivity contribution in [1.29, 1.82) is 0 Å². The van der Waals surface area contributed by atoms with E-state index in [-0.39, 0.29) is 0 Å². The van der Waals surface area contributed by atoms with Crippen molar-refractivity contribution in [3.8, 4) is 67.3 Å². The zero-order valence-corrected chi connectivity index (χ0v) is 33.9. The third kappa shape index (κ3) is 6.10. The summed E-state index contributed by atoms with van der Waals surface area (Å²) >= 11 is 0. The van der Waals surface area contributed by atoms with Crippen LogP contribution >= 0.6 is 0 Å². The van der Waals surface area contributed by atoms with Gasteiger partial charge in [-0.25, -0.2) is 4.98 Å². The molecule has 9 aromatic carbocycles. The second-order valence-corrected chi connectivity index (χ2v) is 16.0. The molecular formula is C59H39N3. The molecule has 0 atom stereocenters. The standard InChI is InChI=1S/C59H39N3/c1-5-17-40(18-6-1)46-33-47(41-19-7-2-8-20-41)35-49(34-46)61-55-27-15-14-26-51(55)53-36-44(30-32-57(53)61)45-29-31-52-50-25-13-16-28-56(50)62(58(52)38-45)59-39-48(42-21-9-3-10-22-42)37-54(60-59)43-23-11-4-12-24-43/h1-39H. The highest BCUT2D eigenvalue weighted by molar-refractivity contribution is 6.12. The topological polar surface area (TPSA) is 22.8 Å². The molecule has 62 heavy (non-hydrogen) atoms. The number of rotatable bonds is 7. The molecule has 0 N–H and O–H groups in total. The normalized spacial score (nSPS) is 11.5. The summed E-state index contributed by atoms with van der Waals surface area (Å²) in [6.45, 7) is 0. The van der Waals surface area contributed by atoms with Gasteiger partial charge in [0.15, 0.2) is 0 Å². The maximum absolute atomic E-state index is 5.39. The number of para-hydroxylation sites is 2. The average molecular weight is 790 g/mol. The molecule has 0 aliphatic heterocycles. The third-order valence-corrected chi connectivity index (χ3v) is 12.3. The van der Waals surface area contributed by atoms with Crippen molar-refractivity contribution in [2.75, 3.05) is 0 Å². The van der Waals surface area contributed by atoms with Gasteiger partial charge in [0.2, 0.25) is 0 Å². The van der Waals surface area contributed by atoms with Gasteiger partial charge < -0.3 is 4.57 Å². The third-order valence-electron chi connectivity index (χ3n) is 12.3. The van der Waals surface area contributed by atoms with Gasteiger partial charge in [-0.3, -0.25) is 4.57 Å². The lowest BCUT2D eigenvalue weighted by Gasteiger charge is -2.14. The molecule has 3 heteroatoms. The van der Waals surface area contributed by atoms with Crippen molar-refractivity contribution in [1.82, 2.24) is 14.1 Å². The molecule has 0 unspecified atom stereocenters. The van der Waals surface area contributed by atoms with Crippen LogP contribution in [-0.2, 0) is 0 Å². The first kappa shape index (κ1) is 35.7. The van der Waals surface area contributed by atoms with Gasteiger partial charge in [-0.1, -0.05) is 176 Å². The van der Waals surface area contributed by atoms with E-state index in [9.17, 15) is 0 Å². The Morgan fingerprint density at radius 3 is 1.31 bits per heavy atom. The molecule has 0 saturated carbocycles. The maximum Gasteiger partial charge on any atom is 0.138 e. The van der Waals surface area contributed by atoms with Crippen LogP contribution in [0.25, 0.3) is 111 Å². The van der Waals surface area contributed by atoms with E-state index in [4.69, 9.17) is 4.98 Å². The highest BCUT2D eigenvalue weighted by Crippen LogP contribution is 2.40. The summed E-state index contributed by atoms with van der Waals surface area (Å²) in [5.74, 6) is 0.889. The molecule has 0 radical (unpaired) electrons. The minimum Gasteiger partial charge on any atom is -0.309 e. The molecule has 12 aromatic rings. The molecule has 0 saturated heterocycles. The Balaban J connectivity index is 1.05. The van der Waals surface area contributed by atoms with Crippen LogP contribution in [0, 0.1) is 0 Å². The molecular weight excluding hydrogens is 751 g/mol. The summed E-state index contributed by atoms with van der Waals surface area (Å²) < 4.78 is 4.78. The molecule has 3 aromatic heterocycles. The van der Waals surface area contributed by atoms with Gasteiger partial charge in [-0.2, -0.15) is 0 Å². The van der Waals surface area contributed by atoms with Crippen LogP contribution < -0.4 is 0 Å². The van der Waals surface area contributed by atoms with Crippen molar-refractivity contribution in [2.24, 2.45) is 0 Å². The van der Waals surface area contributed by atoms with E-state index in [2.05, 4.69) is 246 Å². The summed E-state index contributed by atoms with van der Waals surface area (Å²) in [6, 6.07) is 85.3. The molecule has 12 rings (SSSR count). The Kier molecular flexibility index (Phi) is 8.50. The number of benzene rings is 9. The van der Waals surface area contributed by atoms with Gasteiger partial charge in [0, 0.05) is 32.8 Å². The molecule has 3 nitrogen and oxygen atoms in total. The summed E-state index contributed by atoms with van der Waals surface area (Å²) in [5, 5.41) is 4.84. The lowest BCUT2D eigenvalue weighted by Crippen LogP contribution is -2.00. The summed E-state index contributed by atoms with van der Waals surface area (Å²) in [6.07, 6.45) is 0. The number of hydrogen-bond donors (Lipinski definition) is 0. The fourth-order valence-corrected chi connectivity index (χ4v) is 9.35. The van der Waals surface area contributed by atoms with Crippen LogP contribution in [0.3, 0.4) is 0 Å². The van der Waals surface area contributed by atoms with Crippen molar-refractivity contribution in [3.05, 3.63) is 237 Å². The number of fused-ring (bicyclic) bond motifs is 6. The van der Waals surface area contributed by atoms with Crippen LogP contribution in [-0.4, -0.2) is 14.1 Å². The van der Waals surface area contributed by atoms with Crippen molar-refractivity contribution >= 4 is 43.6 Å². The maximum atomic E-state index is 5.39. The summed E-state index contributed by atoms with van der Waals surface area (Å²) in [5.41, 5.74) is 17.1. The lowest BCUT2D eigenvalue weighted by atomic mass is 9.98. The van der Waals surface area contributed by atoms with E-state index >= 15 is 0 Å². The van der Waals surface area contributed by atoms with Crippen molar-refractivity contribution in [3.63, 3.8) is 0 Å². The smallest absolute Gasteiger partial charge is 0.138 e. The quantitative estimate of drug-likeness (QED) is 0.158. The van der Waals surface area contributed by atoms with Crippen LogP contribution in [0.5, 0.6) is 0 Å². The molecule has 0 aliphatic rings. The van der Waals surface area contributed by atoms with E-state index in [1.807, 2.05) is 0 Å². The highest BCUT2D eigenvalue weighted by Gasteiger charge is 2.19. The van der Waals surface area contributed by atoms with Crippen molar-refractivity contribution in [2.45, 2.75) is 0 Å². The van der Waals surface area contributed by atoms with E-state index in [0.29, 0.717) is 0 Å². The number of pyridine rings is 1.